The molecular weight excluding hydrogens is 408 g/mol. The maximum atomic E-state index is 12.8. The fourth-order valence-electron chi connectivity index (χ4n) is 3.43. The monoisotopic (exact) mass is 428 g/mol. The highest BCUT2D eigenvalue weighted by Crippen LogP contribution is 2.35. The Labute approximate surface area is 175 Å². The number of hydrogen-bond acceptors (Lipinski definition) is 8. The second-order valence-corrected chi connectivity index (χ2v) is 7.57. The van der Waals surface area contributed by atoms with Crippen LogP contribution in [0.1, 0.15) is 23.6 Å². The third-order valence-electron chi connectivity index (χ3n) is 5.12. The van der Waals surface area contributed by atoms with E-state index in [1.54, 1.807) is 11.8 Å². The van der Waals surface area contributed by atoms with Crippen LogP contribution in [0.25, 0.3) is 0 Å². The summed E-state index contributed by atoms with van der Waals surface area (Å²) in [6, 6.07) is 7.21. The van der Waals surface area contributed by atoms with Gasteiger partial charge in [0, 0.05) is 20.5 Å². The van der Waals surface area contributed by atoms with Gasteiger partial charge in [-0.2, -0.15) is 4.98 Å². The highest BCUT2D eigenvalue weighted by molar-refractivity contribution is 7.98. The number of nitrogens with zero attached hydrogens (tertiary/aromatic N) is 6. The standard InChI is InChI=1S/C19H20N6O4S/c1-23-15(26)14(16(27)24(2)19(23)28)12-9-13(10-5-7-11(29-3)8-6-10)25-17(20-12)21-18(22-25)30-4/h5-8,13,26H,9H2,1-4H3. The number of aromatic nitrogens is 5. The van der Waals surface area contributed by atoms with Crippen molar-refractivity contribution in [1.29, 1.82) is 0 Å². The molecule has 0 radical (unpaired) electrons. The Bertz CT molecular complexity index is 1270. The molecule has 0 saturated carbocycles. The first-order chi connectivity index (χ1) is 14.3. The summed E-state index contributed by atoms with van der Waals surface area (Å²) in [6.07, 6.45) is 2.15. The highest BCUT2D eigenvalue weighted by atomic mass is 32.2. The van der Waals surface area contributed by atoms with Gasteiger partial charge in [-0.1, -0.05) is 23.9 Å². The van der Waals surface area contributed by atoms with Crippen LogP contribution >= 0.6 is 11.8 Å². The number of ether oxygens (including phenoxy) is 1. The summed E-state index contributed by atoms with van der Waals surface area (Å²) in [5, 5.41) is 15.6. The molecule has 0 saturated heterocycles. The number of methoxy groups -OCH3 is 1. The first-order valence-electron chi connectivity index (χ1n) is 9.07. The molecule has 0 bridgehead atoms. The van der Waals surface area contributed by atoms with E-state index in [-0.39, 0.29) is 18.0 Å². The Hall–Kier alpha value is -3.34. The van der Waals surface area contributed by atoms with E-state index in [0.29, 0.717) is 16.8 Å². The van der Waals surface area contributed by atoms with Crippen LogP contribution in [0.3, 0.4) is 0 Å². The summed E-state index contributed by atoms with van der Waals surface area (Å²) >= 11 is 1.38. The normalized spacial score (nSPS) is 15.6. The first kappa shape index (κ1) is 20.0. The average molecular weight is 428 g/mol. The zero-order chi connectivity index (χ0) is 21.6. The molecule has 3 heterocycles. The molecule has 3 aromatic rings. The minimum Gasteiger partial charge on any atom is -0.497 e. The maximum absolute atomic E-state index is 12.8. The second-order valence-electron chi connectivity index (χ2n) is 6.80. The van der Waals surface area contributed by atoms with Gasteiger partial charge in [0.15, 0.2) is 0 Å². The summed E-state index contributed by atoms with van der Waals surface area (Å²) in [6.45, 7) is 0. The molecule has 1 aliphatic rings. The van der Waals surface area contributed by atoms with Gasteiger partial charge in [-0.25, -0.2) is 14.5 Å². The number of aromatic hydroxyl groups is 1. The van der Waals surface area contributed by atoms with Gasteiger partial charge in [-0.3, -0.25) is 13.9 Å². The number of benzene rings is 1. The van der Waals surface area contributed by atoms with Crippen LogP contribution < -0.4 is 16.0 Å². The minimum atomic E-state index is -0.614. The molecule has 156 valence electrons. The average Bonchev–Trinajstić information content (AvgIpc) is 3.19. The summed E-state index contributed by atoms with van der Waals surface area (Å²) < 4.78 is 8.92. The lowest BCUT2D eigenvalue weighted by Gasteiger charge is -2.24. The van der Waals surface area contributed by atoms with Crippen molar-refractivity contribution in [3.05, 3.63) is 56.2 Å². The van der Waals surface area contributed by atoms with E-state index in [2.05, 4.69) is 15.1 Å². The largest absolute Gasteiger partial charge is 0.497 e. The highest BCUT2D eigenvalue weighted by Gasteiger charge is 2.31. The molecule has 1 atom stereocenters. The first-order valence-corrected chi connectivity index (χ1v) is 10.3. The van der Waals surface area contributed by atoms with Crippen molar-refractivity contribution in [2.45, 2.75) is 17.6 Å². The maximum Gasteiger partial charge on any atom is 0.333 e. The Kier molecular flexibility index (Phi) is 4.98. The molecule has 0 spiro atoms. The lowest BCUT2D eigenvalue weighted by Crippen LogP contribution is -2.40. The van der Waals surface area contributed by atoms with Gasteiger partial charge in [-0.05, 0) is 24.0 Å². The van der Waals surface area contributed by atoms with Crippen molar-refractivity contribution in [3.8, 4) is 11.6 Å². The lowest BCUT2D eigenvalue weighted by atomic mass is 9.97. The molecule has 1 N–H and O–H groups in total. The molecule has 0 amide bonds. The van der Waals surface area contributed by atoms with Crippen molar-refractivity contribution < 1.29 is 9.84 Å². The van der Waals surface area contributed by atoms with Gasteiger partial charge in [0.1, 0.15) is 11.3 Å². The van der Waals surface area contributed by atoms with E-state index in [1.165, 1.54) is 25.9 Å². The zero-order valence-electron chi connectivity index (χ0n) is 16.9. The number of hydrogen-bond donors (Lipinski definition) is 1. The van der Waals surface area contributed by atoms with Crippen LogP contribution in [-0.2, 0) is 14.1 Å². The molecular formula is C19H20N6O4S. The summed E-state index contributed by atoms with van der Waals surface area (Å²) in [5.74, 6) is 0.627. The number of thioether (sulfide) groups is 1. The quantitative estimate of drug-likeness (QED) is 0.621. The van der Waals surface area contributed by atoms with E-state index in [4.69, 9.17) is 4.74 Å². The number of fused-ring (bicyclic) bond motifs is 1. The van der Waals surface area contributed by atoms with Gasteiger partial charge < -0.3 is 9.84 Å². The SMILES string of the molecule is COc1ccc(C2CC(c3c(O)n(C)c(=O)n(C)c3=O)=Nc3nc(SC)nn32)cc1. The van der Waals surface area contributed by atoms with E-state index >= 15 is 0 Å². The Morgan fingerprint density at radius 2 is 1.87 bits per heavy atom. The van der Waals surface area contributed by atoms with Crippen LogP contribution in [0.4, 0.5) is 5.95 Å². The molecule has 4 rings (SSSR count). The molecule has 30 heavy (non-hydrogen) atoms. The van der Waals surface area contributed by atoms with Crippen LogP contribution in [0.2, 0.25) is 0 Å². The Morgan fingerprint density at radius 1 is 1.17 bits per heavy atom. The van der Waals surface area contributed by atoms with Crippen molar-refractivity contribution >= 4 is 23.4 Å². The molecule has 1 aromatic carbocycles. The molecule has 0 aliphatic carbocycles. The lowest BCUT2D eigenvalue weighted by molar-refractivity contribution is 0.409. The van der Waals surface area contributed by atoms with Crippen LogP contribution in [0, 0.1) is 0 Å². The van der Waals surface area contributed by atoms with E-state index in [9.17, 15) is 14.7 Å². The Morgan fingerprint density at radius 3 is 2.50 bits per heavy atom. The van der Waals surface area contributed by atoms with Gasteiger partial charge >= 0.3 is 5.69 Å². The third kappa shape index (κ3) is 3.11. The molecule has 2 aromatic heterocycles. The van der Waals surface area contributed by atoms with Gasteiger partial charge in [-0.15, -0.1) is 5.10 Å². The number of aliphatic imine (C=N–C) groups is 1. The zero-order valence-corrected chi connectivity index (χ0v) is 17.7. The van der Waals surface area contributed by atoms with Crippen molar-refractivity contribution in [3.63, 3.8) is 0 Å². The van der Waals surface area contributed by atoms with Gasteiger partial charge in [0.2, 0.25) is 17.0 Å². The van der Waals surface area contributed by atoms with E-state index in [1.807, 2.05) is 30.5 Å². The van der Waals surface area contributed by atoms with Crippen molar-refractivity contribution in [2.24, 2.45) is 19.1 Å². The smallest absolute Gasteiger partial charge is 0.333 e. The minimum absolute atomic E-state index is 0.0157. The van der Waals surface area contributed by atoms with Gasteiger partial charge in [0.05, 0.1) is 18.9 Å². The van der Waals surface area contributed by atoms with Crippen molar-refractivity contribution in [2.75, 3.05) is 13.4 Å². The fraction of sp³-hybridized carbons (Fsp3) is 0.316. The molecule has 10 nitrogen and oxygen atoms in total. The van der Waals surface area contributed by atoms with Crippen LogP contribution in [0.5, 0.6) is 11.6 Å². The third-order valence-corrected chi connectivity index (χ3v) is 5.65. The van der Waals surface area contributed by atoms with E-state index in [0.717, 1.165) is 20.4 Å². The van der Waals surface area contributed by atoms with Crippen LogP contribution in [-0.4, -0.2) is 48.1 Å². The Balaban J connectivity index is 1.91. The second kappa shape index (κ2) is 7.48. The summed E-state index contributed by atoms with van der Waals surface area (Å²) in [5.41, 5.74) is 0.0244. The molecule has 11 heteroatoms. The topological polar surface area (TPSA) is 117 Å². The van der Waals surface area contributed by atoms with E-state index < -0.39 is 17.1 Å². The fourth-order valence-corrected chi connectivity index (χ4v) is 3.78. The summed E-state index contributed by atoms with van der Waals surface area (Å²) in [7, 11) is 4.37. The number of rotatable bonds is 4. The van der Waals surface area contributed by atoms with Crippen molar-refractivity contribution in [1.82, 2.24) is 23.9 Å². The predicted molar refractivity (Wildman–Crippen MR) is 112 cm³/mol. The predicted octanol–water partition coefficient (Wildman–Crippen LogP) is 1.23. The molecule has 1 aliphatic heterocycles. The summed E-state index contributed by atoms with van der Waals surface area (Å²) in [4.78, 5) is 33.9. The molecule has 1 unspecified atom stereocenters. The molecule has 0 fully saturated rings. The van der Waals surface area contributed by atoms with Crippen LogP contribution in [0.15, 0.2) is 44.0 Å². The van der Waals surface area contributed by atoms with Gasteiger partial charge in [0.25, 0.3) is 5.56 Å².